The monoisotopic (exact) mass is 379 g/mol. The molecule has 7 heteroatoms. The molecule has 1 N–H and O–H groups in total. The summed E-state index contributed by atoms with van der Waals surface area (Å²) in [7, 11) is 0. The summed E-state index contributed by atoms with van der Waals surface area (Å²) in [4.78, 5) is 15.8. The van der Waals surface area contributed by atoms with E-state index in [0.29, 0.717) is 43.4 Å². The van der Waals surface area contributed by atoms with Gasteiger partial charge in [-0.2, -0.15) is 0 Å². The minimum Gasteiger partial charge on any atom is -0.366 e. The van der Waals surface area contributed by atoms with Gasteiger partial charge < -0.3 is 15.1 Å². The van der Waals surface area contributed by atoms with Gasteiger partial charge in [0, 0.05) is 43.8 Å². The molecule has 0 saturated carbocycles. The molecule has 0 aliphatic carbocycles. The SMILES string of the molecule is O=C(NCCc1ccc(Cl)cc1)N1CCN(c2ccc(F)cc2F)CC1. The Morgan fingerprint density at radius 1 is 1.04 bits per heavy atom. The molecular weight excluding hydrogens is 360 g/mol. The van der Waals surface area contributed by atoms with Gasteiger partial charge in [0.25, 0.3) is 0 Å². The van der Waals surface area contributed by atoms with Crippen molar-refractivity contribution in [3.63, 3.8) is 0 Å². The second-order valence-electron chi connectivity index (χ2n) is 6.18. The van der Waals surface area contributed by atoms with Gasteiger partial charge in [-0.15, -0.1) is 0 Å². The molecule has 2 amide bonds. The van der Waals surface area contributed by atoms with Gasteiger partial charge >= 0.3 is 6.03 Å². The third-order valence-electron chi connectivity index (χ3n) is 4.42. The van der Waals surface area contributed by atoms with Crippen LogP contribution in [0.2, 0.25) is 5.02 Å². The van der Waals surface area contributed by atoms with Crippen LogP contribution in [0.25, 0.3) is 0 Å². The number of piperazine rings is 1. The van der Waals surface area contributed by atoms with E-state index in [1.54, 1.807) is 4.90 Å². The zero-order valence-electron chi connectivity index (χ0n) is 14.2. The van der Waals surface area contributed by atoms with E-state index in [1.165, 1.54) is 12.1 Å². The lowest BCUT2D eigenvalue weighted by Crippen LogP contribution is -2.52. The minimum absolute atomic E-state index is 0.127. The number of carbonyl (C=O) groups is 1. The van der Waals surface area contributed by atoms with Gasteiger partial charge in [0.2, 0.25) is 0 Å². The van der Waals surface area contributed by atoms with Crippen LogP contribution in [0.5, 0.6) is 0 Å². The molecule has 2 aromatic carbocycles. The summed E-state index contributed by atoms with van der Waals surface area (Å²) >= 11 is 5.85. The number of anilines is 1. The number of urea groups is 1. The van der Waals surface area contributed by atoms with Gasteiger partial charge in [-0.1, -0.05) is 23.7 Å². The Hall–Kier alpha value is -2.34. The zero-order valence-corrected chi connectivity index (χ0v) is 15.0. The summed E-state index contributed by atoms with van der Waals surface area (Å²) in [5.41, 5.74) is 1.47. The van der Waals surface area contributed by atoms with E-state index >= 15 is 0 Å². The number of rotatable bonds is 4. The van der Waals surface area contributed by atoms with Crippen molar-refractivity contribution in [2.75, 3.05) is 37.6 Å². The van der Waals surface area contributed by atoms with Crippen molar-refractivity contribution in [2.45, 2.75) is 6.42 Å². The number of amides is 2. The lowest BCUT2D eigenvalue weighted by atomic mass is 10.1. The molecule has 1 aliphatic rings. The predicted molar refractivity (Wildman–Crippen MR) is 98.7 cm³/mol. The first kappa shape index (κ1) is 18.5. The van der Waals surface area contributed by atoms with E-state index in [4.69, 9.17) is 11.6 Å². The second kappa shape index (κ2) is 8.36. The summed E-state index contributed by atoms with van der Waals surface area (Å²) in [6, 6.07) is 11.0. The van der Waals surface area contributed by atoms with Gasteiger partial charge in [0.05, 0.1) is 5.69 Å². The molecule has 0 unspecified atom stereocenters. The lowest BCUT2D eigenvalue weighted by Gasteiger charge is -2.36. The molecule has 0 spiro atoms. The summed E-state index contributed by atoms with van der Waals surface area (Å²) in [5, 5.41) is 3.59. The third-order valence-corrected chi connectivity index (χ3v) is 4.67. The fourth-order valence-electron chi connectivity index (χ4n) is 2.96. The van der Waals surface area contributed by atoms with Crippen molar-refractivity contribution < 1.29 is 13.6 Å². The molecule has 1 saturated heterocycles. The van der Waals surface area contributed by atoms with Crippen LogP contribution in [0.4, 0.5) is 19.3 Å². The quantitative estimate of drug-likeness (QED) is 0.879. The summed E-state index contributed by atoms with van der Waals surface area (Å²) in [5.74, 6) is -1.17. The third kappa shape index (κ3) is 4.64. The molecular formula is C19H20ClF2N3O. The highest BCUT2D eigenvalue weighted by atomic mass is 35.5. The fourth-order valence-corrected chi connectivity index (χ4v) is 3.09. The Morgan fingerprint density at radius 3 is 2.38 bits per heavy atom. The Morgan fingerprint density at radius 2 is 1.73 bits per heavy atom. The van der Waals surface area contributed by atoms with Crippen molar-refractivity contribution in [1.82, 2.24) is 10.2 Å². The smallest absolute Gasteiger partial charge is 0.317 e. The molecule has 0 atom stereocenters. The molecule has 2 aromatic rings. The summed E-state index contributed by atoms with van der Waals surface area (Å²) in [6.45, 7) is 2.53. The Balaban J connectivity index is 1.45. The zero-order chi connectivity index (χ0) is 18.5. The molecule has 1 fully saturated rings. The molecule has 1 heterocycles. The Bertz CT molecular complexity index is 762. The molecule has 1 aliphatic heterocycles. The van der Waals surface area contributed by atoms with E-state index in [-0.39, 0.29) is 6.03 Å². The van der Waals surface area contributed by atoms with Crippen molar-refractivity contribution in [2.24, 2.45) is 0 Å². The average molecular weight is 380 g/mol. The number of nitrogens with zero attached hydrogens (tertiary/aromatic N) is 2. The maximum absolute atomic E-state index is 13.9. The first-order valence-corrected chi connectivity index (χ1v) is 8.88. The van der Waals surface area contributed by atoms with Gasteiger partial charge in [-0.3, -0.25) is 0 Å². The number of benzene rings is 2. The van der Waals surface area contributed by atoms with Crippen LogP contribution < -0.4 is 10.2 Å². The normalized spacial score (nSPS) is 14.4. The second-order valence-corrected chi connectivity index (χ2v) is 6.61. The van der Waals surface area contributed by atoms with Crippen LogP contribution in [0.1, 0.15) is 5.56 Å². The van der Waals surface area contributed by atoms with E-state index < -0.39 is 11.6 Å². The van der Waals surface area contributed by atoms with Crippen molar-refractivity contribution in [1.29, 1.82) is 0 Å². The highest BCUT2D eigenvalue weighted by molar-refractivity contribution is 6.30. The van der Waals surface area contributed by atoms with Crippen molar-refractivity contribution in [3.8, 4) is 0 Å². The van der Waals surface area contributed by atoms with E-state index in [0.717, 1.165) is 18.1 Å². The molecule has 0 aromatic heterocycles. The molecule has 4 nitrogen and oxygen atoms in total. The summed E-state index contributed by atoms with van der Waals surface area (Å²) in [6.07, 6.45) is 0.726. The maximum atomic E-state index is 13.9. The number of carbonyl (C=O) groups excluding carboxylic acids is 1. The number of hydrogen-bond acceptors (Lipinski definition) is 2. The summed E-state index contributed by atoms with van der Waals surface area (Å²) < 4.78 is 26.9. The largest absolute Gasteiger partial charge is 0.366 e. The van der Waals surface area contributed by atoms with Crippen molar-refractivity contribution in [3.05, 3.63) is 64.7 Å². The van der Waals surface area contributed by atoms with Crippen LogP contribution in [-0.2, 0) is 6.42 Å². The van der Waals surface area contributed by atoms with Crippen LogP contribution >= 0.6 is 11.6 Å². The molecule has 3 rings (SSSR count). The van der Waals surface area contributed by atoms with Crippen LogP contribution in [0, 0.1) is 11.6 Å². The fraction of sp³-hybridized carbons (Fsp3) is 0.316. The Kier molecular flexibility index (Phi) is 5.93. The Labute approximate surface area is 156 Å². The van der Waals surface area contributed by atoms with E-state index in [2.05, 4.69) is 5.32 Å². The highest BCUT2D eigenvalue weighted by Gasteiger charge is 2.22. The van der Waals surface area contributed by atoms with Gasteiger partial charge in [-0.25, -0.2) is 13.6 Å². The molecule has 0 radical (unpaired) electrons. The molecule has 0 bridgehead atoms. The van der Waals surface area contributed by atoms with Crippen LogP contribution in [0.3, 0.4) is 0 Å². The van der Waals surface area contributed by atoms with Crippen LogP contribution in [-0.4, -0.2) is 43.7 Å². The standard InChI is InChI=1S/C19H20ClF2N3O/c20-15-3-1-14(2-4-15)7-8-23-19(26)25-11-9-24(10-12-25)18-6-5-16(21)13-17(18)22/h1-6,13H,7-12H2,(H,23,26). The lowest BCUT2D eigenvalue weighted by molar-refractivity contribution is 0.194. The highest BCUT2D eigenvalue weighted by Crippen LogP contribution is 2.21. The number of hydrogen-bond donors (Lipinski definition) is 1. The first-order chi connectivity index (χ1) is 12.5. The van der Waals surface area contributed by atoms with E-state index in [1.807, 2.05) is 29.2 Å². The number of halogens is 3. The topological polar surface area (TPSA) is 35.6 Å². The predicted octanol–water partition coefficient (Wildman–Crippen LogP) is 3.69. The van der Waals surface area contributed by atoms with Gasteiger partial charge in [-0.05, 0) is 36.2 Å². The molecule has 138 valence electrons. The van der Waals surface area contributed by atoms with Crippen LogP contribution in [0.15, 0.2) is 42.5 Å². The average Bonchev–Trinajstić information content (AvgIpc) is 2.63. The maximum Gasteiger partial charge on any atom is 0.317 e. The van der Waals surface area contributed by atoms with Gasteiger partial charge in [0.15, 0.2) is 0 Å². The first-order valence-electron chi connectivity index (χ1n) is 8.50. The number of nitrogens with one attached hydrogen (secondary N) is 1. The molecule has 26 heavy (non-hydrogen) atoms. The van der Waals surface area contributed by atoms with Crippen molar-refractivity contribution >= 4 is 23.3 Å². The van der Waals surface area contributed by atoms with Gasteiger partial charge in [0.1, 0.15) is 11.6 Å². The minimum atomic E-state index is -0.593. The van der Waals surface area contributed by atoms with E-state index in [9.17, 15) is 13.6 Å².